The van der Waals surface area contributed by atoms with Crippen LogP contribution in [0.2, 0.25) is 0 Å². The van der Waals surface area contributed by atoms with Gasteiger partial charge in [0.15, 0.2) is 0 Å². The predicted molar refractivity (Wildman–Crippen MR) is 66.5 cm³/mol. The van der Waals surface area contributed by atoms with Crippen molar-refractivity contribution in [3.8, 4) is 6.07 Å². The molecule has 0 aliphatic carbocycles. The quantitative estimate of drug-likeness (QED) is 0.849. The molecule has 0 atom stereocenters. The highest BCUT2D eigenvalue weighted by Crippen LogP contribution is 2.08. The average molecular weight is 290 g/mol. The summed E-state index contributed by atoms with van der Waals surface area (Å²) in [4.78, 5) is 15.7. The van der Waals surface area contributed by atoms with Crippen LogP contribution < -0.4 is 5.56 Å². The van der Waals surface area contributed by atoms with E-state index in [1.54, 1.807) is 12.1 Å². The van der Waals surface area contributed by atoms with Gasteiger partial charge in [-0.05, 0) is 27.6 Å². The molecule has 1 aromatic heterocycles. The van der Waals surface area contributed by atoms with E-state index in [0.29, 0.717) is 16.6 Å². The Labute approximate surface area is 106 Å². The zero-order chi connectivity index (χ0) is 12.3. The highest BCUT2D eigenvalue weighted by Gasteiger charge is 2.05. The summed E-state index contributed by atoms with van der Waals surface area (Å²) >= 11 is 3.13. The van der Waals surface area contributed by atoms with E-state index in [1.807, 2.05) is 12.1 Å². The molecule has 4 nitrogen and oxygen atoms in total. The number of rotatable bonds is 2. The molecule has 0 unspecified atom stereocenters. The van der Waals surface area contributed by atoms with Gasteiger partial charge in [0.25, 0.3) is 5.56 Å². The summed E-state index contributed by atoms with van der Waals surface area (Å²) in [5.74, 6) is 0. The number of nitrogens with zero attached hydrogens (tertiary/aromatic N) is 3. The number of nitriles is 1. The maximum atomic E-state index is 11.8. The van der Waals surface area contributed by atoms with Crippen LogP contribution in [0.1, 0.15) is 11.1 Å². The fourth-order valence-corrected chi connectivity index (χ4v) is 1.83. The first kappa shape index (κ1) is 11.6. The zero-order valence-electron chi connectivity index (χ0n) is 8.80. The molecule has 1 heterocycles. The third-order valence-electron chi connectivity index (χ3n) is 2.34. The first-order chi connectivity index (χ1) is 8.22. The molecule has 0 aliphatic rings. The second kappa shape index (κ2) is 4.93. The van der Waals surface area contributed by atoms with Crippen molar-refractivity contribution in [2.24, 2.45) is 0 Å². The Morgan fingerprint density at radius 3 is 2.94 bits per heavy atom. The minimum atomic E-state index is -0.159. The van der Waals surface area contributed by atoms with E-state index in [9.17, 15) is 4.79 Å². The Kier molecular flexibility index (Phi) is 3.35. The van der Waals surface area contributed by atoms with Gasteiger partial charge < -0.3 is 0 Å². The molecule has 0 saturated carbocycles. The molecule has 2 rings (SSSR count). The first-order valence-corrected chi connectivity index (χ1v) is 5.69. The first-order valence-electron chi connectivity index (χ1n) is 4.90. The summed E-state index contributed by atoms with van der Waals surface area (Å²) in [5, 5.41) is 8.96. The lowest BCUT2D eigenvalue weighted by Crippen LogP contribution is -2.21. The maximum absolute atomic E-state index is 11.8. The molecule has 0 amide bonds. The van der Waals surface area contributed by atoms with Crippen molar-refractivity contribution in [3.05, 3.63) is 62.7 Å². The highest BCUT2D eigenvalue weighted by atomic mass is 79.9. The summed E-state index contributed by atoms with van der Waals surface area (Å²) in [5.41, 5.74) is 1.21. The summed E-state index contributed by atoms with van der Waals surface area (Å²) in [6.45, 7) is 0.342. The number of hydrogen-bond acceptors (Lipinski definition) is 3. The molecular weight excluding hydrogens is 282 g/mol. The molecule has 0 bridgehead atoms. The van der Waals surface area contributed by atoms with Gasteiger partial charge in [-0.25, -0.2) is 4.98 Å². The van der Waals surface area contributed by atoms with E-state index in [-0.39, 0.29) is 5.56 Å². The normalized spacial score (nSPS) is 9.88. The Hall–Kier alpha value is -1.93. The Morgan fingerprint density at radius 2 is 2.18 bits per heavy atom. The molecule has 0 radical (unpaired) electrons. The minimum Gasteiger partial charge on any atom is -0.294 e. The van der Waals surface area contributed by atoms with Gasteiger partial charge in [0, 0.05) is 6.20 Å². The molecule has 0 fully saturated rings. The molecule has 84 valence electrons. The van der Waals surface area contributed by atoms with E-state index < -0.39 is 0 Å². The van der Waals surface area contributed by atoms with Gasteiger partial charge >= 0.3 is 0 Å². The van der Waals surface area contributed by atoms with Crippen molar-refractivity contribution in [3.63, 3.8) is 0 Å². The van der Waals surface area contributed by atoms with Gasteiger partial charge in [-0.3, -0.25) is 9.36 Å². The standard InChI is InChI=1S/C12H8BrN3O/c13-11-6-15-8-16(12(11)17)7-10-4-2-1-3-9(10)5-14/h1-4,6,8H,7H2. The second-order valence-electron chi connectivity index (χ2n) is 3.44. The van der Waals surface area contributed by atoms with Crippen molar-refractivity contribution in [2.45, 2.75) is 6.54 Å². The molecular formula is C12H8BrN3O. The molecule has 0 N–H and O–H groups in total. The van der Waals surface area contributed by atoms with E-state index in [1.165, 1.54) is 17.1 Å². The van der Waals surface area contributed by atoms with Crippen molar-refractivity contribution in [2.75, 3.05) is 0 Å². The van der Waals surface area contributed by atoms with Crippen molar-refractivity contribution < 1.29 is 0 Å². The minimum absolute atomic E-state index is 0.159. The molecule has 5 heteroatoms. The van der Waals surface area contributed by atoms with Gasteiger partial charge in [-0.2, -0.15) is 5.26 Å². The van der Waals surface area contributed by atoms with Crippen LogP contribution in [0.4, 0.5) is 0 Å². The maximum Gasteiger partial charge on any atom is 0.267 e. The van der Waals surface area contributed by atoms with Gasteiger partial charge in [0.1, 0.15) is 4.47 Å². The fourth-order valence-electron chi connectivity index (χ4n) is 1.49. The van der Waals surface area contributed by atoms with Crippen LogP contribution in [0, 0.1) is 11.3 Å². The van der Waals surface area contributed by atoms with Crippen LogP contribution in [0.15, 0.2) is 46.1 Å². The highest BCUT2D eigenvalue weighted by molar-refractivity contribution is 9.10. The summed E-state index contributed by atoms with van der Waals surface area (Å²) < 4.78 is 1.87. The van der Waals surface area contributed by atoms with E-state index in [4.69, 9.17) is 5.26 Å². The molecule has 1 aromatic carbocycles. The topological polar surface area (TPSA) is 58.7 Å². The molecule has 0 saturated heterocycles. The Bertz CT molecular complexity index is 643. The van der Waals surface area contributed by atoms with Crippen LogP contribution >= 0.6 is 15.9 Å². The molecule has 0 spiro atoms. The van der Waals surface area contributed by atoms with Crippen LogP contribution in [0.5, 0.6) is 0 Å². The molecule has 2 aromatic rings. The van der Waals surface area contributed by atoms with Gasteiger partial charge in [-0.1, -0.05) is 18.2 Å². The van der Waals surface area contributed by atoms with Crippen LogP contribution in [0.25, 0.3) is 0 Å². The van der Waals surface area contributed by atoms with Crippen molar-refractivity contribution in [1.82, 2.24) is 9.55 Å². The average Bonchev–Trinajstić information content (AvgIpc) is 2.35. The lowest BCUT2D eigenvalue weighted by Gasteiger charge is -2.06. The third kappa shape index (κ3) is 2.43. The monoisotopic (exact) mass is 289 g/mol. The summed E-state index contributed by atoms with van der Waals surface area (Å²) in [7, 11) is 0. The fraction of sp³-hybridized carbons (Fsp3) is 0.0833. The number of hydrogen-bond donors (Lipinski definition) is 0. The van der Waals surface area contributed by atoms with E-state index in [0.717, 1.165) is 5.56 Å². The lowest BCUT2D eigenvalue weighted by atomic mass is 10.1. The number of aromatic nitrogens is 2. The number of halogens is 1. The van der Waals surface area contributed by atoms with E-state index in [2.05, 4.69) is 27.0 Å². The SMILES string of the molecule is N#Cc1ccccc1Cn1cncc(Br)c1=O. The van der Waals surface area contributed by atoms with Crippen LogP contribution in [-0.4, -0.2) is 9.55 Å². The summed E-state index contributed by atoms with van der Waals surface area (Å²) in [6.07, 6.45) is 2.91. The second-order valence-corrected chi connectivity index (χ2v) is 4.30. The third-order valence-corrected chi connectivity index (χ3v) is 2.88. The smallest absolute Gasteiger partial charge is 0.267 e. The largest absolute Gasteiger partial charge is 0.294 e. The molecule has 17 heavy (non-hydrogen) atoms. The van der Waals surface area contributed by atoms with Crippen molar-refractivity contribution >= 4 is 15.9 Å². The Morgan fingerprint density at radius 1 is 1.41 bits per heavy atom. The lowest BCUT2D eigenvalue weighted by molar-refractivity contribution is 0.729. The van der Waals surface area contributed by atoms with E-state index >= 15 is 0 Å². The van der Waals surface area contributed by atoms with Gasteiger partial charge in [0.2, 0.25) is 0 Å². The zero-order valence-corrected chi connectivity index (χ0v) is 10.4. The van der Waals surface area contributed by atoms with Gasteiger partial charge in [-0.15, -0.1) is 0 Å². The molecule has 0 aliphatic heterocycles. The van der Waals surface area contributed by atoms with Crippen molar-refractivity contribution in [1.29, 1.82) is 5.26 Å². The predicted octanol–water partition coefficient (Wildman–Crippen LogP) is 1.93. The van der Waals surface area contributed by atoms with Crippen LogP contribution in [-0.2, 0) is 6.54 Å². The van der Waals surface area contributed by atoms with Gasteiger partial charge in [0.05, 0.1) is 24.5 Å². The number of benzene rings is 1. The Balaban J connectivity index is 2.43. The summed E-state index contributed by atoms with van der Waals surface area (Å²) in [6, 6.07) is 9.29. The van der Waals surface area contributed by atoms with Crippen LogP contribution in [0.3, 0.4) is 0 Å².